The van der Waals surface area contributed by atoms with Crippen LogP contribution in [0.15, 0.2) is 45.3 Å². The van der Waals surface area contributed by atoms with E-state index in [1.807, 2.05) is 25.1 Å². The fourth-order valence-corrected chi connectivity index (χ4v) is 4.52. The molecule has 0 unspecified atom stereocenters. The number of rotatable bonds is 5. The number of thiazole rings is 1. The van der Waals surface area contributed by atoms with E-state index < -0.39 is 0 Å². The zero-order valence-electron chi connectivity index (χ0n) is 14.3. The lowest BCUT2D eigenvalue weighted by Gasteiger charge is -2.16. The van der Waals surface area contributed by atoms with Crippen LogP contribution in [0.3, 0.4) is 0 Å². The summed E-state index contributed by atoms with van der Waals surface area (Å²) in [5, 5.41) is 3.50. The molecule has 4 rings (SSSR count). The van der Waals surface area contributed by atoms with Crippen molar-refractivity contribution in [3.63, 3.8) is 0 Å². The van der Waals surface area contributed by atoms with Crippen LogP contribution in [0.4, 0.5) is 15.6 Å². The predicted molar refractivity (Wildman–Crippen MR) is 104 cm³/mol. The first kappa shape index (κ1) is 17.1. The van der Waals surface area contributed by atoms with E-state index >= 15 is 0 Å². The molecule has 0 saturated carbocycles. The standard InChI is InChI=1S/C18H18N4O2S2/c1-2-13-9-19-15(24-13)11-25-16-10-20-17(26-16)21-18(23)22-8-7-12-5-3-4-6-14(12)22/h3-6,9-10H,2,7-8,11H2,1H3,(H,20,21,23). The van der Waals surface area contributed by atoms with Crippen LogP contribution in [0, 0.1) is 0 Å². The average Bonchev–Trinajstić information content (AvgIpc) is 3.39. The summed E-state index contributed by atoms with van der Waals surface area (Å²) in [5.41, 5.74) is 2.18. The van der Waals surface area contributed by atoms with Gasteiger partial charge < -0.3 is 4.42 Å². The molecule has 3 heterocycles. The number of urea groups is 1. The number of para-hydroxylation sites is 1. The van der Waals surface area contributed by atoms with Crippen LogP contribution in [0.1, 0.15) is 24.1 Å². The highest BCUT2D eigenvalue weighted by Crippen LogP contribution is 2.32. The summed E-state index contributed by atoms with van der Waals surface area (Å²) in [4.78, 5) is 22.9. The first-order valence-corrected chi connectivity index (χ1v) is 10.2. The van der Waals surface area contributed by atoms with Crippen molar-refractivity contribution in [1.29, 1.82) is 0 Å². The van der Waals surface area contributed by atoms with E-state index in [1.165, 1.54) is 16.9 Å². The molecule has 134 valence electrons. The third-order valence-corrected chi connectivity index (χ3v) is 6.21. The molecule has 8 heteroatoms. The van der Waals surface area contributed by atoms with Crippen molar-refractivity contribution in [3.8, 4) is 0 Å². The number of carbonyl (C=O) groups excluding carboxylic acids is 1. The second-order valence-electron chi connectivity index (χ2n) is 5.81. The summed E-state index contributed by atoms with van der Waals surface area (Å²) < 4.78 is 6.61. The van der Waals surface area contributed by atoms with Crippen molar-refractivity contribution >= 4 is 39.9 Å². The van der Waals surface area contributed by atoms with Gasteiger partial charge in [-0.15, -0.1) is 11.8 Å². The van der Waals surface area contributed by atoms with Crippen molar-refractivity contribution in [1.82, 2.24) is 9.97 Å². The Labute approximate surface area is 159 Å². The molecule has 0 atom stereocenters. The molecule has 0 bridgehead atoms. The summed E-state index contributed by atoms with van der Waals surface area (Å²) in [6.45, 7) is 2.73. The number of nitrogens with zero attached hydrogens (tertiary/aromatic N) is 3. The van der Waals surface area contributed by atoms with Gasteiger partial charge >= 0.3 is 6.03 Å². The van der Waals surface area contributed by atoms with Gasteiger partial charge in [-0.3, -0.25) is 10.2 Å². The van der Waals surface area contributed by atoms with Crippen LogP contribution in [0.5, 0.6) is 0 Å². The molecular formula is C18H18N4O2S2. The summed E-state index contributed by atoms with van der Waals surface area (Å²) in [7, 11) is 0. The fraction of sp³-hybridized carbons (Fsp3) is 0.278. The Morgan fingerprint density at radius 1 is 1.35 bits per heavy atom. The maximum Gasteiger partial charge on any atom is 0.328 e. The van der Waals surface area contributed by atoms with Gasteiger partial charge in [-0.2, -0.15) is 0 Å². The molecule has 3 aromatic rings. The van der Waals surface area contributed by atoms with Gasteiger partial charge in [0, 0.05) is 18.7 Å². The molecule has 0 aliphatic carbocycles. The molecule has 2 amide bonds. The Hall–Kier alpha value is -2.32. The number of aryl methyl sites for hydroxylation is 1. The molecular weight excluding hydrogens is 368 g/mol. The highest BCUT2D eigenvalue weighted by molar-refractivity contribution is 8.00. The molecule has 1 aliphatic heterocycles. The molecule has 6 nitrogen and oxygen atoms in total. The normalized spacial score (nSPS) is 13.0. The van der Waals surface area contributed by atoms with E-state index in [4.69, 9.17) is 4.42 Å². The maximum atomic E-state index is 12.6. The number of thioether (sulfide) groups is 1. The number of anilines is 2. The van der Waals surface area contributed by atoms with Crippen LogP contribution < -0.4 is 10.2 Å². The maximum absolute atomic E-state index is 12.6. The van der Waals surface area contributed by atoms with Gasteiger partial charge in [0.05, 0.1) is 22.4 Å². The third kappa shape index (κ3) is 3.61. The van der Waals surface area contributed by atoms with Gasteiger partial charge in [0.15, 0.2) is 5.13 Å². The highest BCUT2D eigenvalue weighted by Gasteiger charge is 2.24. The minimum absolute atomic E-state index is 0.138. The van der Waals surface area contributed by atoms with E-state index in [1.54, 1.807) is 29.1 Å². The molecule has 2 aromatic heterocycles. The number of nitrogens with one attached hydrogen (secondary N) is 1. The number of aromatic nitrogens is 2. The molecule has 0 radical (unpaired) electrons. The number of hydrogen-bond acceptors (Lipinski definition) is 6. The van der Waals surface area contributed by atoms with Crippen LogP contribution in [0.25, 0.3) is 0 Å². The zero-order valence-corrected chi connectivity index (χ0v) is 15.9. The SMILES string of the molecule is CCc1cnc(CSc2cnc(NC(=O)N3CCc4ccccc43)s2)o1. The van der Waals surface area contributed by atoms with E-state index in [0.717, 1.165) is 28.5 Å². The van der Waals surface area contributed by atoms with Crippen molar-refractivity contribution < 1.29 is 9.21 Å². The molecule has 1 aliphatic rings. The second-order valence-corrected chi connectivity index (χ2v) is 8.11. The Balaban J connectivity index is 1.35. The van der Waals surface area contributed by atoms with Crippen molar-refractivity contribution in [3.05, 3.63) is 53.9 Å². The summed E-state index contributed by atoms with van der Waals surface area (Å²) >= 11 is 3.06. The number of amides is 2. The summed E-state index contributed by atoms with van der Waals surface area (Å²) in [5.74, 6) is 2.25. The third-order valence-electron chi connectivity index (χ3n) is 4.12. The average molecular weight is 387 g/mol. The largest absolute Gasteiger partial charge is 0.445 e. The van der Waals surface area contributed by atoms with Crippen LogP contribution >= 0.6 is 23.1 Å². The first-order chi connectivity index (χ1) is 12.7. The quantitative estimate of drug-likeness (QED) is 0.650. The monoisotopic (exact) mass is 386 g/mol. The van der Waals surface area contributed by atoms with Crippen LogP contribution in [0.2, 0.25) is 0 Å². The van der Waals surface area contributed by atoms with Crippen molar-refractivity contribution in [2.45, 2.75) is 29.7 Å². The lowest BCUT2D eigenvalue weighted by molar-refractivity contribution is 0.257. The number of benzene rings is 1. The number of hydrogen-bond donors (Lipinski definition) is 1. The number of carbonyl (C=O) groups is 1. The summed E-state index contributed by atoms with van der Waals surface area (Å²) in [6, 6.07) is 7.86. The molecule has 26 heavy (non-hydrogen) atoms. The van der Waals surface area contributed by atoms with Crippen molar-refractivity contribution in [2.24, 2.45) is 0 Å². The Bertz CT molecular complexity index is 921. The molecule has 1 N–H and O–H groups in total. The van der Waals surface area contributed by atoms with E-state index in [9.17, 15) is 4.79 Å². The minimum Gasteiger partial charge on any atom is -0.445 e. The van der Waals surface area contributed by atoms with Gasteiger partial charge in [-0.05, 0) is 18.1 Å². The zero-order chi connectivity index (χ0) is 17.9. The van der Waals surface area contributed by atoms with Gasteiger partial charge in [0.25, 0.3) is 0 Å². The number of oxazole rings is 1. The fourth-order valence-electron chi connectivity index (χ4n) is 2.80. The molecule has 1 aromatic carbocycles. The number of fused-ring (bicyclic) bond motifs is 1. The molecule has 0 saturated heterocycles. The van der Waals surface area contributed by atoms with Gasteiger partial charge in [-0.1, -0.05) is 36.5 Å². The molecule has 0 spiro atoms. The predicted octanol–water partition coefficient (Wildman–Crippen LogP) is 4.58. The highest BCUT2D eigenvalue weighted by atomic mass is 32.2. The van der Waals surface area contributed by atoms with Crippen molar-refractivity contribution in [2.75, 3.05) is 16.8 Å². The van der Waals surface area contributed by atoms with Crippen LogP contribution in [-0.4, -0.2) is 22.5 Å². The van der Waals surface area contributed by atoms with Gasteiger partial charge in [-0.25, -0.2) is 14.8 Å². The van der Waals surface area contributed by atoms with E-state index in [2.05, 4.69) is 21.4 Å². The minimum atomic E-state index is -0.138. The van der Waals surface area contributed by atoms with Gasteiger partial charge in [0.1, 0.15) is 5.76 Å². The lowest BCUT2D eigenvalue weighted by Crippen LogP contribution is -2.33. The second kappa shape index (κ2) is 7.51. The molecule has 0 fully saturated rings. The Morgan fingerprint density at radius 2 is 2.23 bits per heavy atom. The van der Waals surface area contributed by atoms with E-state index in [-0.39, 0.29) is 6.03 Å². The smallest absolute Gasteiger partial charge is 0.328 e. The van der Waals surface area contributed by atoms with Crippen LogP contribution in [-0.2, 0) is 18.6 Å². The lowest BCUT2D eigenvalue weighted by atomic mass is 10.2. The van der Waals surface area contributed by atoms with E-state index in [0.29, 0.717) is 23.3 Å². The first-order valence-electron chi connectivity index (χ1n) is 8.41. The Morgan fingerprint density at radius 3 is 3.08 bits per heavy atom. The topological polar surface area (TPSA) is 71.3 Å². The van der Waals surface area contributed by atoms with Gasteiger partial charge in [0.2, 0.25) is 5.89 Å². The Kier molecular flexibility index (Phi) is 4.94. The summed E-state index contributed by atoms with van der Waals surface area (Å²) in [6.07, 6.45) is 5.27.